The van der Waals surface area contributed by atoms with Gasteiger partial charge in [0, 0.05) is 12.3 Å². The van der Waals surface area contributed by atoms with Crippen LogP contribution in [0.3, 0.4) is 0 Å². The molecule has 0 bridgehead atoms. The Morgan fingerprint density at radius 2 is 2.06 bits per heavy atom. The van der Waals surface area contributed by atoms with E-state index in [1.165, 1.54) is 31.3 Å². The van der Waals surface area contributed by atoms with Crippen LogP contribution in [-0.4, -0.2) is 17.6 Å². The second-order valence-electron chi connectivity index (χ2n) is 3.53. The highest BCUT2D eigenvalue weighted by Gasteiger charge is 2.18. The van der Waals surface area contributed by atoms with Crippen molar-refractivity contribution < 1.29 is 12.8 Å². The van der Waals surface area contributed by atoms with Gasteiger partial charge in [0.1, 0.15) is 11.6 Å². The third kappa shape index (κ3) is 2.01. The number of hydrogen-bond donors (Lipinski definition) is 1. The molecule has 90 valence electrons. The van der Waals surface area contributed by atoms with E-state index in [1.807, 2.05) is 0 Å². The van der Waals surface area contributed by atoms with Gasteiger partial charge in [-0.3, -0.25) is 0 Å². The van der Waals surface area contributed by atoms with E-state index in [-0.39, 0.29) is 16.3 Å². The van der Waals surface area contributed by atoms with Crippen LogP contribution >= 0.6 is 0 Å². The first-order chi connectivity index (χ1) is 7.91. The number of halogens is 1. The lowest BCUT2D eigenvalue weighted by Crippen LogP contribution is -2.14. The molecular formula is C10H10FN3O2S. The van der Waals surface area contributed by atoms with E-state index < -0.39 is 15.8 Å². The third-order valence-corrected chi connectivity index (χ3v) is 3.81. The fourth-order valence-corrected chi connectivity index (χ4v) is 2.54. The summed E-state index contributed by atoms with van der Waals surface area (Å²) in [4.78, 5) is -0.0282. The first kappa shape index (κ1) is 11.6. The maximum Gasteiger partial charge on any atom is 0.283 e. The zero-order valence-corrected chi connectivity index (χ0v) is 9.78. The van der Waals surface area contributed by atoms with Crippen molar-refractivity contribution in [1.82, 2.24) is 9.19 Å². The van der Waals surface area contributed by atoms with Crippen LogP contribution in [0.1, 0.15) is 5.56 Å². The van der Waals surface area contributed by atoms with E-state index in [9.17, 15) is 12.8 Å². The molecule has 0 aliphatic carbocycles. The molecule has 1 aromatic carbocycles. The highest BCUT2D eigenvalue weighted by Crippen LogP contribution is 2.17. The van der Waals surface area contributed by atoms with Crippen LogP contribution in [0.4, 0.5) is 10.2 Å². The van der Waals surface area contributed by atoms with Gasteiger partial charge in [0.25, 0.3) is 10.0 Å². The molecule has 0 amide bonds. The molecule has 0 fully saturated rings. The fourth-order valence-electron chi connectivity index (χ4n) is 1.34. The number of nitrogen functional groups attached to an aromatic ring is 1. The molecule has 2 aromatic rings. The van der Waals surface area contributed by atoms with Crippen LogP contribution in [-0.2, 0) is 10.0 Å². The number of nitrogens with two attached hydrogens (primary N) is 1. The standard InChI is InChI=1S/C10H10FN3O2S/c1-7-6-8(2-3-9(7)11)17(15,16)14-5-4-10(12)13-14/h2-6H,1H3,(H2,12,13). The monoisotopic (exact) mass is 255 g/mol. The van der Waals surface area contributed by atoms with Gasteiger partial charge in [0.05, 0.1) is 4.90 Å². The second-order valence-corrected chi connectivity index (χ2v) is 5.32. The molecule has 1 aromatic heterocycles. The number of aromatic nitrogens is 2. The Morgan fingerprint density at radius 3 is 2.59 bits per heavy atom. The zero-order chi connectivity index (χ0) is 12.6. The van der Waals surface area contributed by atoms with Crippen LogP contribution in [0.15, 0.2) is 35.4 Å². The number of rotatable bonds is 2. The Hall–Kier alpha value is -1.89. The third-order valence-electron chi connectivity index (χ3n) is 2.26. The Balaban J connectivity index is 2.56. The first-order valence-electron chi connectivity index (χ1n) is 4.74. The molecule has 0 aliphatic rings. The average molecular weight is 255 g/mol. The summed E-state index contributed by atoms with van der Waals surface area (Å²) in [7, 11) is -3.80. The van der Waals surface area contributed by atoms with Crippen LogP contribution in [0, 0.1) is 12.7 Å². The van der Waals surface area contributed by atoms with Gasteiger partial charge in [-0.05, 0) is 30.7 Å². The summed E-state index contributed by atoms with van der Waals surface area (Å²) in [5, 5.41) is 3.62. The maximum absolute atomic E-state index is 13.1. The van der Waals surface area contributed by atoms with Gasteiger partial charge in [-0.15, -0.1) is 5.10 Å². The summed E-state index contributed by atoms with van der Waals surface area (Å²) in [6.07, 6.45) is 1.24. The van der Waals surface area contributed by atoms with E-state index in [1.54, 1.807) is 0 Å². The van der Waals surface area contributed by atoms with Gasteiger partial charge < -0.3 is 5.73 Å². The van der Waals surface area contributed by atoms with Crippen molar-refractivity contribution >= 4 is 15.8 Å². The lowest BCUT2D eigenvalue weighted by Gasteiger charge is -2.05. The predicted molar refractivity (Wildman–Crippen MR) is 60.4 cm³/mol. The van der Waals surface area contributed by atoms with E-state index in [4.69, 9.17) is 5.73 Å². The lowest BCUT2D eigenvalue weighted by atomic mass is 10.2. The summed E-state index contributed by atoms with van der Waals surface area (Å²) in [6, 6.07) is 4.92. The minimum absolute atomic E-state index is 0.0282. The molecule has 0 atom stereocenters. The SMILES string of the molecule is Cc1cc(S(=O)(=O)n2ccc(N)n2)ccc1F. The molecule has 0 saturated carbocycles. The smallest absolute Gasteiger partial charge is 0.283 e. The quantitative estimate of drug-likeness (QED) is 0.873. The van der Waals surface area contributed by atoms with Crippen molar-refractivity contribution in [2.75, 3.05) is 5.73 Å². The number of benzene rings is 1. The van der Waals surface area contributed by atoms with Gasteiger partial charge in [0.2, 0.25) is 0 Å². The van der Waals surface area contributed by atoms with Crippen molar-refractivity contribution in [3.63, 3.8) is 0 Å². The van der Waals surface area contributed by atoms with Crippen LogP contribution in [0.5, 0.6) is 0 Å². The topological polar surface area (TPSA) is 78.0 Å². The van der Waals surface area contributed by atoms with E-state index in [0.717, 1.165) is 10.2 Å². The molecule has 17 heavy (non-hydrogen) atoms. The Labute approximate surface area is 97.7 Å². The molecule has 2 N–H and O–H groups in total. The molecule has 7 heteroatoms. The Morgan fingerprint density at radius 1 is 1.35 bits per heavy atom. The normalized spacial score (nSPS) is 11.6. The fraction of sp³-hybridized carbons (Fsp3) is 0.100. The molecule has 0 unspecified atom stereocenters. The number of anilines is 1. The van der Waals surface area contributed by atoms with Gasteiger partial charge in [0.15, 0.2) is 0 Å². The molecule has 0 aliphatic heterocycles. The minimum Gasteiger partial charge on any atom is -0.382 e. The van der Waals surface area contributed by atoms with Crippen molar-refractivity contribution in [1.29, 1.82) is 0 Å². The molecule has 5 nitrogen and oxygen atoms in total. The molecule has 2 rings (SSSR count). The minimum atomic E-state index is -3.80. The summed E-state index contributed by atoms with van der Waals surface area (Å²) >= 11 is 0. The van der Waals surface area contributed by atoms with Gasteiger partial charge >= 0.3 is 0 Å². The number of hydrogen-bond acceptors (Lipinski definition) is 4. The van der Waals surface area contributed by atoms with Gasteiger partial charge in [-0.2, -0.15) is 12.5 Å². The Bertz CT molecular complexity index is 664. The maximum atomic E-state index is 13.1. The Kier molecular flexibility index (Phi) is 2.62. The molecule has 0 spiro atoms. The van der Waals surface area contributed by atoms with Crippen LogP contribution in [0.2, 0.25) is 0 Å². The van der Waals surface area contributed by atoms with Crippen molar-refractivity contribution in [2.45, 2.75) is 11.8 Å². The average Bonchev–Trinajstić information content (AvgIpc) is 2.69. The van der Waals surface area contributed by atoms with Gasteiger partial charge in [-0.1, -0.05) is 0 Å². The van der Waals surface area contributed by atoms with Crippen molar-refractivity contribution in [3.8, 4) is 0 Å². The zero-order valence-electron chi connectivity index (χ0n) is 8.96. The van der Waals surface area contributed by atoms with Gasteiger partial charge in [-0.25, -0.2) is 4.39 Å². The highest BCUT2D eigenvalue weighted by molar-refractivity contribution is 7.89. The molecule has 0 radical (unpaired) electrons. The summed E-state index contributed by atoms with van der Waals surface area (Å²) in [6.45, 7) is 1.49. The summed E-state index contributed by atoms with van der Waals surface area (Å²) in [5.74, 6) is -0.351. The van der Waals surface area contributed by atoms with E-state index >= 15 is 0 Å². The van der Waals surface area contributed by atoms with Crippen molar-refractivity contribution in [3.05, 3.63) is 41.8 Å². The van der Waals surface area contributed by atoms with Crippen LogP contribution in [0.25, 0.3) is 0 Å². The lowest BCUT2D eigenvalue weighted by molar-refractivity contribution is 0.578. The van der Waals surface area contributed by atoms with Crippen molar-refractivity contribution in [2.24, 2.45) is 0 Å². The summed E-state index contributed by atoms with van der Waals surface area (Å²) in [5.41, 5.74) is 5.61. The molecule has 0 saturated heterocycles. The first-order valence-corrected chi connectivity index (χ1v) is 6.18. The predicted octanol–water partition coefficient (Wildman–Crippen LogP) is 1.15. The van der Waals surface area contributed by atoms with E-state index in [0.29, 0.717) is 0 Å². The number of aryl methyl sites for hydroxylation is 1. The van der Waals surface area contributed by atoms with E-state index in [2.05, 4.69) is 5.10 Å². The largest absolute Gasteiger partial charge is 0.382 e. The van der Waals surface area contributed by atoms with Crippen LogP contribution < -0.4 is 5.73 Å². The number of nitrogens with zero attached hydrogens (tertiary/aromatic N) is 2. The molecule has 1 heterocycles. The molecular weight excluding hydrogens is 245 g/mol. The second kappa shape index (κ2) is 3.85. The summed E-state index contributed by atoms with van der Waals surface area (Å²) < 4.78 is 37.9. The highest BCUT2D eigenvalue weighted by atomic mass is 32.2.